The van der Waals surface area contributed by atoms with Gasteiger partial charge in [0.1, 0.15) is 5.56 Å². The van der Waals surface area contributed by atoms with Crippen molar-refractivity contribution in [1.29, 1.82) is 0 Å². The first kappa shape index (κ1) is 11.0. The fourth-order valence-electron chi connectivity index (χ4n) is 1.16. The molecule has 0 aliphatic heterocycles. The van der Waals surface area contributed by atoms with Crippen LogP contribution in [0.25, 0.3) is 0 Å². The van der Waals surface area contributed by atoms with Crippen molar-refractivity contribution < 1.29 is 9.90 Å². The van der Waals surface area contributed by atoms with E-state index >= 15 is 0 Å². The number of aromatic carboxylic acids is 1. The van der Waals surface area contributed by atoms with Crippen LogP contribution >= 0.6 is 0 Å². The number of hydrogen-bond donors (Lipinski definition) is 1. The molecule has 0 unspecified atom stereocenters. The molecule has 0 saturated carbocycles. The van der Waals surface area contributed by atoms with Crippen LogP contribution in [0.4, 0.5) is 0 Å². The lowest BCUT2D eigenvalue weighted by atomic mass is 10.3. The maximum Gasteiger partial charge on any atom is 0.342 e. The molecule has 1 rings (SSSR count). The summed E-state index contributed by atoms with van der Waals surface area (Å²) in [7, 11) is 1.38. The number of aromatic nitrogens is 2. The van der Waals surface area contributed by atoms with Gasteiger partial charge in [-0.3, -0.25) is 9.36 Å². The monoisotopic (exact) mass is 210 g/mol. The Hall–Kier alpha value is -2.11. The first-order chi connectivity index (χ1) is 6.99. The predicted molar refractivity (Wildman–Crippen MR) is 53.1 cm³/mol. The molecule has 0 aliphatic carbocycles. The zero-order valence-electron chi connectivity index (χ0n) is 8.14. The fourth-order valence-corrected chi connectivity index (χ4v) is 1.16. The summed E-state index contributed by atoms with van der Waals surface area (Å²) in [6.45, 7) is 3.38. The highest BCUT2D eigenvalue weighted by molar-refractivity contribution is 5.86. The summed E-state index contributed by atoms with van der Waals surface area (Å²) in [6.07, 6.45) is 2.36. The van der Waals surface area contributed by atoms with E-state index in [9.17, 15) is 14.4 Å². The van der Waals surface area contributed by atoms with Gasteiger partial charge in [0.05, 0.1) is 0 Å². The van der Waals surface area contributed by atoms with Crippen LogP contribution in [0.3, 0.4) is 0 Å². The number of aryl methyl sites for hydroxylation is 1. The van der Waals surface area contributed by atoms with Gasteiger partial charge in [0.2, 0.25) is 0 Å². The van der Waals surface area contributed by atoms with Crippen LogP contribution in [-0.4, -0.2) is 20.2 Å². The number of carbonyl (C=O) groups is 1. The second kappa shape index (κ2) is 3.95. The van der Waals surface area contributed by atoms with Crippen molar-refractivity contribution in [2.45, 2.75) is 6.54 Å². The number of nitrogens with zero attached hydrogens (tertiary/aromatic N) is 2. The van der Waals surface area contributed by atoms with Crippen molar-refractivity contribution in [3.05, 3.63) is 45.3 Å². The molecule has 0 bridgehead atoms. The van der Waals surface area contributed by atoms with E-state index in [0.29, 0.717) is 0 Å². The topological polar surface area (TPSA) is 81.3 Å². The van der Waals surface area contributed by atoms with Crippen LogP contribution in [0.1, 0.15) is 10.4 Å². The third kappa shape index (κ3) is 1.88. The van der Waals surface area contributed by atoms with Gasteiger partial charge >= 0.3 is 11.7 Å². The van der Waals surface area contributed by atoms with Crippen molar-refractivity contribution in [2.75, 3.05) is 0 Å². The van der Waals surface area contributed by atoms with Gasteiger partial charge in [-0.2, -0.15) is 0 Å². The molecule has 0 spiro atoms. The molecule has 0 aliphatic rings. The molecular formula is C9H10N2O4. The Morgan fingerprint density at radius 2 is 2.20 bits per heavy atom. The Kier molecular flexibility index (Phi) is 2.89. The van der Waals surface area contributed by atoms with Crippen molar-refractivity contribution in [3.8, 4) is 0 Å². The molecule has 0 aromatic carbocycles. The quantitative estimate of drug-likeness (QED) is 0.677. The summed E-state index contributed by atoms with van der Waals surface area (Å²) in [5.41, 5.74) is -1.81. The molecular weight excluding hydrogens is 200 g/mol. The Balaban J connectivity index is 3.63. The van der Waals surface area contributed by atoms with E-state index in [2.05, 4.69) is 6.58 Å². The van der Waals surface area contributed by atoms with Crippen LogP contribution in [0.2, 0.25) is 0 Å². The number of allylic oxidation sites excluding steroid dienone is 1. The smallest absolute Gasteiger partial charge is 0.342 e. The molecule has 0 fully saturated rings. The van der Waals surface area contributed by atoms with Crippen LogP contribution < -0.4 is 11.2 Å². The maximum absolute atomic E-state index is 11.5. The zero-order chi connectivity index (χ0) is 11.6. The molecule has 6 nitrogen and oxygen atoms in total. The van der Waals surface area contributed by atoms with Crippen LogP contribution in [0.5, 0.6) is 0 Å². The maximum atomic E-state index is 11.5. The molecule has 0 saturated heterocycles. The van der Waals surface area contributed by atoms with Gasteiger partial charge in [-0.05, 0) is 0 Å². The first-order valence-corrected chi connectivity index (χ1v) is 4.13. The highest BCUT2D eigenvalue weighted by atomic mass is 16.4. The van der Waals surface area contributed by atoms with E-state index in [1.54, 1.807) is 0 Å². The van der Waals surface area contributed by atoms with Gasteiger partial charge in [-0.1, -0.05) is 6.08 Å². The minimum Gasteiger partial charge on any atom is -0.477 e. The Bertz CT molecular complexity index is 524. The standard InChI is InChI=1S/C9H10N2O4/c1-3-4-11-7(12)6(8(13)14)5-10(2)9(11)15/h3,5H,1,4H2,2H3,(H,13,14). The third-order valence-corrected chi connectivity index (χ3v) is 1.87. The fraction of sp³-hybridized carbons (Fsp3) is 0.222. The van der Waals surface area contributed by atoms with Gasteiger partial charge in [-0.25, -0.2) is 9.59 Å². The minimum absolute atomic E-state index is 0.00731. The molecule has 1 aromatic rings. The van der Waals surface area contributed by atoms with Gasteiger partial charge in [0.25, 0.3) is 5.56 Å². The molecule has 1 N–H and O–H groups in total. The predicted octanol–water partition coefficient (Wildman–Crippen LogP) is -0.569. The Morgan fingerprint density at radius 3 is 2.67 bits per heavy atom. The average Bonchev–Trinajstić information content (AvgIpc) is 2.18. The summed E-state index contributed by atoms with van der Waals surface area (Å²) in [5, 5.41) is 8.72. The number of hydrogen-bond acceptors (Lipinski definition) is 3. The van der Waals surface area contributed by atoms with Crippen molar-refractivity contribution in [3.63, 3.8) is 0 Å². The van der Waals surface area contributed by atoms with E-state index < -0.39 is 22.8 Å². The summed E-state index contributed by atoms with van der Waals surface area (Å²) in [5.74, 6) is -1.35. The minimum atomic E-state index is -1.35. The van der Waals surface area contributed by atoms with Gasteiger partial charge in [-0.15, -0.1) is 6.58 Å². The molecule has 15 heavy (non-hydrogen) atoms. The SMILES string of the molecule is C=CCn1c(=O)c(C(=O)O)cn(C)c1=O. The lowest BCUT2D eigenvalue weighted by molar-refractivity contribution is 0.0693. The van der Waals surface area contributed by atoms with E-state index in [1.807, 2.05) is 0 Å². The van der Waals surface area contributed by atoms with E-state index in [1.165, 1.54) is 13.1 Å². The second-order valence-electron chi connectivity index (χ2n) is 2.95. The summed E-state index contributed by atoms with van der Waals surface area (Å²) in [6, 6.07) is 0. The Morgan fingerprint density at radius 1 is 1.60 bits per heavy atom. The van der Waals surface area contributed by atoms with Crippen LogP contribution in [0, 0.1) is 0 Å². The van der Waals surface area contributed by atoms with Crippen molar-refractivity contribution >= 4 is 5.97 Å². The molecule has 0 atom stereocenters. The highest BCUT2D eigenvalue weighted by Gasteiger charge is 2.13. The van der Waals surface area contributed by atoms with Crippen LogP contribution in [0.15, 0.2) is 28.4 Å². The summed E-state index contributed by atoms with van der Waals surface area (Å²) < 4.78 is 1.87. The number of rotatable bonds is 3. The van der Waals surface area contributed by atoms with Crippen molar-refractivity contribution in [1.82, 2.24) is 9.13 Å². The van der Waals surface area contributed by atoms with E-state index in [0.717, 1.165) is 15.3 Å². The molecule has 0 amide bonds. The molecule has 6 heteroatoms. The number of carboxylic acids is 1. The summed E-state index contributed by atoms with van der Waals surface area (Å²) in [4.78, 5) is 33.6. The molecule has 0 radical (unpaired) electrons. The zero-order valence-corrected chi connectivity index (χ0v) is 8.14. The normalized spacial score (nSPS) is 9.93. The lowest BCUT2D eigenvalue weighted by Crippen LogP contribution is -2.41. The van der Waals surface area contributed by atoms with E-state index in [4.69, 9.17) is 5.11 Å². The molecule has 1 aromatic heterocycles. The first-order valence-electron chi connectivity index (χ1n) is 4.13. The van der Waals surface area contributed by atoms with E-state index in [-0.39, 0.29) is 6.54 Å². The second-order valence-corrected chi connectivity index (χ2v) is 2.95. The highest BCUT2D eigenvalue weighted by Crippen LogP contribution is 1.88. The Labute approximate surface area is 84.7 Å². The third-order valence-electron chi connectivity index (χ3n) is 1.87. The van der Waals surface area contributed by atoms with Gasteiger partial charge in [0, 0.05) is 19.8 Å². The largest absolute Gasteiger partial charge is 0.477 e. The van der Waals surface area contributed by atoms with Crippen molar-refractivity contribution in [2.24, 2.45) is 7.05 Å². The number of carboxylic acid groups (broad SMARTS) is 1. The van der Waals surface area contributed by atoms with Gasteiger partial charge in [0.15, 0.2) is 0 Å². The molecule has 1 heterocycles. The lowest BCUT2D eigenvalue weighted by Gasteiger charge is -2.05. The van der Waals surface area contributed by atoms with Gasteiger partial charge < -0.3 is 9.67 Å². The van der Waals surface area contributed by atoms with Crippen LogP contribution in [-0.2, 0) is 13.6 Å². The summed E-state index contributed by atoms with van der Waals surface area (Å²) >= 11 is 0. The molecule has 80 valence electrons. The average molecular weight is 210 g/mol.